The molecule has 0 aromatic heterocycles. The van der Waals surface area contributed by atoms with Crippen molar-refractivity contribution in [1.29, 1.82) is 0 Å². The number of amides is 1. The third kappa shape index (κ3) is 3.16. The summed E-state index contributed by atoms with van der Waals surface area (Å²) in [7, 11) is 1.80. The number of hydrogen-bond acceptors (Lipinski definition) is 2. The van der Waals surface area contributed by atoms with Crippen LogP contribution in [-0.2, 0) is 4.79 Å². The van der Waals surface area contributed by atoms with E-state index in [2.05, 4.69) is 15.9 Å². The van der Waals surface area contributed by atoms with E-state index in [-0.39, 0.29) is 5.91 Å². The second-order valence-electron chi connectivity index (χ2n) is 6.07. The summed E-state index contributed by atoms with van der Waals surface area (Å²) >= 11 is 3.49. The number of ether oxygens (including phenoxy) is 1. The predicted molar refractivity (Wildman–Crippen MR) is 108 cm³/mol. The second kappa shape index (κ2) is 6.81. The Labute approximate surface area is 160 Å². The lowest BCUT2D eigenvalue weighted by molar-refractivity contribution is -0.112. The molecule has 128 valence electrons. The lowest BCUT2D eigenvalue weighted by Crippen LogP contribution is -2.20. The number of nitrogens with zero attached hydrogens (tertiary/aromatic N) is 1. The minimum Gasteiger partial charge on any atom is -0.457 e. The number of benzene rings is 3. The maximum atomic E-state index is 12.6. The van der Waals surface area contributed by atoms with Gasteiger partial charge in [-0.05, 0) is 54.1 Å². The van der Waals surface area contributed by atoms with Gasteiger partial charge in [0.25, 0.3) is 5.91 Å². The Hall–Kier alpha value is -2.85. The van der Waals surface area contributed by atoms with Crippen LogP contribution in [0.5, 0.6) is 11.5 Å². The van der Waals surface area contributed by atoms with E-state index in [0.29, 0.717) is 5.57 Å². The van der Waals surface area contributed by atoms with E-state index in [0.717, 1.165) is 32.8 Å². The summed E-state index contributed by atoms with van der Waals surface area (Å²) in [6.45, 7) is 0. The highest BCUT2D eigenvalue weighted by Crippen LogP contribution is 2.38. The fraction of sp³-hybridized carbons (Fsp3) is 0.0455. The normalized spacial score (nSPS) is 14.6. The third-order valence-corrected chi connectivity index (χ3v) is 4.81. The molecule has 1 aliphatic rings. The number of likely N-dealkylation sites (N-methyl/N-ethyl adjacent to an activating group) is 1. The second-order valence-corrected chi connectivity index (χ2v) is 6.98. The van der Waals surface area contributed by atoms with E-state index in [1.165, 1.54) is 0 Å². The van der Waals surface area contributed by atoms with Crippen LogP contribution in [-0.4, -0.2) is 13.0 Å². The molecule has 1 heterocycles. The number of carbonyl (C=O) groups excluding carboxylic acids is 1. The number of rotatable bonds is 3. The molecule has 0 unspecified atom stereocenters. The maximum absolute atomic E-state index is 12.6. The molecule has 3 aromatic carbocycles. The summed E-state index contributed by atoms with van der Waals surface area (Å²) < 4.78 is 6.77. The molecule has 0 atom stereocenters. The van der Waals surface area contributed by atoms with E-state index < -0.39 is 0 Å². The summed E-state index contributed by atoms with van der Waals surface area (Å²) in [5.41, 5.74) is 3.51. The van der Waals surface area contributed by atoms with Gasteiger partial charge >= 0.3 is 0 Å². The fourth-order valence-corrected chi connectivity index (χ4v) is 3.35. The smallest absolute Gasteiger partial charge is 0.258 e. The van der Waals surface area contributed by atoms with E-state index in [9.17, 15) is 4.79 Å². The highest BCUT2D eigenvalue weighted by atomic mass is 79.9. The molecule has 0 N–H and O–H groups in total. The SMILES string of the molecule is CN1C(=O)/C(=C\c2ccc(Oc3ccccc3)cc2)c2cc(Br)ccc21. The molecule has 0 bridgehead atoms. The van der Waals surface area contributed by atoms with Crippen molar-refractivity contribution in [3.05, 3.63) is 88.4 Å². The van der Waals surface area contributed by atoms with Gasteiger partial charge in [-0.25, -0.2) is 0 Å². The van der Waals surface area contributed by atoms with E-state index in [4.69, 9.17) is 4.74 Å². The topological polar surface area (TPSA) is 29.5 Å². The molecule has 3 aromatic rings. The molecule has 0 radical (unpaired) electrons. The van der Waals surface area contributed by atoms with Crippen molar-refractivity contribution in [2.45, 2.75) is 0 Å². The quantitative estimate of drug-likeness (QED) is 0.518. The Morgan fingerprint density at radius 3 is 2.35 bits per heavy atom. The standard InChI is InChI=1S/C22H16BrNO2/c1-24-21-12-9-16(23)14-19(21)20(22(24)25)13-15-7-10-18(11-8-15)26-17-5-3-2-4-6-17/h2-14H,1H3/b20-13-. The molecular formula is C22H16BrNO2. The molecule has 0 fully saturated rings. The number of halogens is 1. The lowest BCUT2D eigenvalue weighted by Gasteiger charge is -2.08. The van der Waals surface area contributed by atoms with Gasteiger partial charge in [-0.1, -0.05) is 46.3 Å². The first-order valence-electron chi connectivity index (χ1n) is 8.24. The summed E-state index contributed by atoms with van der Waals surface area (Å²) in [4.78, 5) is 14.3. The fourth-order valence-electron chi connectivity index (χ4n) is 2.98. The first kappa shape index (κ1) is 16.6. The molecule has 0 aliphatic carbocycles. The van der Waals surface area contributed by atoms with Crippen LogP contribution in [0.4, 0.5) is 5.69 Å². The molecule has 1 aliphatic heterocycles. The highest BCUT2D eigenvalue weighted by Gasteiger charge is 2.29. The van der Waals surface area contributed by atoms with Gasteiger partial charge in [-0.3, -0.25) is 4.79 Å². The van der Waals surface area contributed by atoms with Crippen molar-refractivity contribution in [3.63, 3.8) is 0 Å². The zero-order valence-electron chi connectivity index (χ0n) is 14.1. The van der Waals surface area contributed by atoms with Gasteiger partial charge in [-0.2, -0.15) is 0 Å². The zero-order chi connectivity index (χ0) is 18.1. The maximum Gasteiger partial charge on any atom is 0.258 e. The van der Waals surface area contributed by atoms with Gasteiger partial charge in [0.05, 0.1) is 5.69 Å². The minimum atomic E-state index is 0.00251. The number of anilines is 1. The van der Waals surface area contributed by atoms with Crippen molar-refractivity contribution >= 4 is 39.2 Å². The Kier molecular flexibility index (Phi) is 4.35. The molecular weight excluding hydrogens is 390 g/mol. The van der Waals surface area contributed by atoms with Crippen LogP contribution >= 0.6 is 15.9 Å². The van der Waals surface area contributed by atoms with Gasteiger partial charge in [0, 0.05) is 22.7 Å². The molecule has 0 saturated carbocycles. The Morgan fingerprint density at radius 1 is 0.923 bits per heavy atom. The molecule has 4 heteroatoms. The molecule has 3 nitrogen and oxygen atoms in total. The van der Waals surface area contributed by atoms with Crippen LogP contribution < -0.4 is 9.64 Å². The van der Waals surface area contributed by atoms with Crippen LogP contribution in [0.2, 0.25) is 0 Å². The first-order chi connectivity index (χ1) is 12.6. The Bertz CT molecular complexity index is 994. The van der Waals surface area contributed by atoms with Crippen molar-refractivity contribution < 1.29 is 9.53 Å². The average Bonchev–Trinajstić information content (AvgIpc) is 2.88. The molecule has 0 spiro atoms. The number of carbonyl (C=O) groups is 1. The number of fused-ring (bicyclic) bond motifs is 1. The van der Waals surface area contributed by atoms with Gasteiger partial charge in [0.15, 0.2) is 0 Å². The molecule has 4 rings (SSSR count). The Morgan fingerprint density at radius 2 is 1.62 bits per heavy atom. The van der Waals surface area contributed by atoms with Crippen molar-refractivity contribution in [3.8, 4) is 11.5 Å². The highest BCUT2D eigenvalue weighted by molar-refractivity contribution is 9.10. The predicted octanol–water partition coefficient (Wildman–Crippen LogP) is 5.76. The zero-order valence-corrected chi connectivity index (χ0v) is 15.7. The number of hydrogen-bond donors (Lipinski definition) is 0. The van der Waals surface area contributed by atoms with Crippen LogP contribution in [0, 0.1) is 0 Å². The van der Waals surface area contributed by atoms with Crippen LogP contribution in [0.15, 0.2) is 77.3 Å². The van der Waals surface area contributed by atoms with Gasteiger partial charge < -0.3 is 9.64 Å². The summed E-state index contributed by atoms with van der Waals surface area (Å²) in [5, 5.41) is 0. The molecule has 1 amide bonds. The molecule has 0 saturated heterocycles. The van der Waals surface area contributed by atoms with E-state index in [1.807, 2.05) is 78.9 Å². The Balaban J connectivity index is 1.63. The van der Waals surface area contributed by atoms with Crippen LogP contribution in [0.1, 0.15) is 11.1 Å². The largest absolute Gasteiger partial charge is 0.457 e. The van der Waals surface area contributed by atoms with E-state index in [1.54, 1.807) is 11.9 Å². The van der Waals surface area contributed by atoms with Gasteiger partial charge in [0.2, 0.25) is 0 Å². The van der Waals surface area contributed by atoms with Crippen LogP contribution in [0.3, 0.4) is 0 Å². The summed E-state index contributed by atoms with van der Waals surface area (Å²) in [6, 6.07) is 23.3. The third-order valence-electron chi connectivity index (χ3n) is 4.32. The minimum absolute atomic E-state index is 0.00251. The monoisotopic (exact) mass is 405 g/mol. The van der Waals surface area contributed by atoms with Crippen molar-refractivity contribution in [2.75, 3.05) is 11.9 Å². The first-order valence-corrected chi connectivity index (χ1v) is 9.04. The van der Waals surface area contributed by atoms with Crippen LogP contribution in [0.25, 0.3) is 11.6 Å². The number of para-hydroxylation sites is 1. The van der Waals surface area contributed by atoms with E-state index >= 15 is 0 Å². The summed E-state index contributed by atoms with van der Waals surface area (Å²) in [5.74, 6) is 1.56. The van der Waals surface area contributed by atoms with Crippen molar-refractivity contribution in [2.24, 2.45) is 0 Å². The molecule has 26 heavy (non-hydrogen) atoms. The van der Waals surface area contributed by atoms with Gasteiger partial charge in [0.1, 0.15) is 11.5 Å². The average molecular weight is 406 g/mol. The van der Waals surface area contributed by atoms with Gasteiger partial charge in [-0.15, -0.1) is 0 Å². The van der Waals surface area contributed by atoms with Crippen molar-refractivity contribution in [1.82, 2.24) is 0 Å². The lowest BCUT2D eigenvalue weighted by atomic mass is 10.0. The summed E-state index contributed by atoms with van der Waals surface area (Å²) in [6.07, 6.45) is 1.92.